The van der Waals surface area contributed by atoms with Gasteiger partial charge < -0.3 is 4.74 Å². The van der Waals surface area contributed by atoms with Crippen molar-refractivity contribution in [2.24, 2.45) is 11.8 Å². The van der Waals surface area contributed by atoms with Gasteiger partial charge in [0.1, 0.15) is 5.75 Å². The van der Waals surface area contributed by atoms with Crippen molar-refractivity contribution in [3.63, 3.8) is 0 Å². The first kappa shape index (κ1) is 15.9. The Hall–Kier alpha value is -1.02. The molecule has 0 unspecified atom stereocenters. The van der Waals surface area contributed by atoms with Crippen molar-refractivity contribution in [1.82, 2.24) is 0 Å². The van der Waals surface area contributed by atoms with E-state index in [-0.39, 0.29) is 0 Å². The van der Waals surface area contributed by atoms with E-state index in [9.17, 15) is 0 Å². The molecule has 0 heterocycles. The third kappa shape index (κ3) is 4.04. The van der Waals surface area contributed by atoms with Crippen LogP contribution in [0.25, 0.3) is 10.8 Å². The van der Waals surface area contributed by atoms with E-state index in [4.69, 9.17) is 4.74 Å². The van der Waals surface area contributed by atoms with Gasteiger partial charge in [0.2, 0.25) is 0 Å². The van der Waals surface area contributed by atoms with E-state index in [1.165, 1.54) is 49.3 Å². The van der Waals surface area contributed by atoms with Crippen LogP contribution in [0.2, 0.25) is 0 Å². The third-order valence-corrected chi connectivity index (χ3v) is 5.42. The summed E-state index contributed by atoms with van der Waals surface area (Å²) < 4.78 is 7.19. The van der Waals surface area contributed by atoms with Crippen molar-refractivity contribution in [2.45, 2.75) is 45.4 Å². The van der Waals surface area contributed by atoms with Gasteiger partial charge >= 0.3 is 0 Å². The lowest BCUT2D eigenvalue weighted by Gasteiger charge is -2.28. The van der Waals surface area contributed by atoms with Gasteiger partial charge in [-0.1, -0.05) is 60.7 Å². The summed E-state index contributed by atoms with van der Waals surface area (Å²) in [5.41, 5.74) is 0. The second kappa shape index (κ2) is 7.50. The molecule has 0 aromatic heterocycles. The Kier molecular flexibility index (Phi) is 5.41. The molecule has 3 rings (SSSR count). The topological polar surface area (TPSA) is 9.23 Å². The summed E-state index contributed by atoms with van der Waals surface area (Å²) in [6.45, 7) is 3.17. The number of halogens is 1. The SMILES string of the molecule is CCC[C@H]1CC[C@H](COc2ccc3cc(Br)ccc3c2)CC1. The van der Waals surface area contributed by atoms with Gasteiger partial charge in [0.25, 0.3) is 0 Å². The zero-order valence-electron chi connectivity index (χ0n) is 13.4. The maximum absolute atomic E-state index is 6.07. The molecule has 1 fully saturated rings. The number of rotatable bonds is 5. The van der Waals surface area contributed by atoms with Crippen LogP contribution in [0.3, 0.4) is 0 Å². The molecule has 0 spiro atoms. The second-order valence-electron chi connectivity index (χ2n) is 6.64. The predicted molar refractivity (Wildman–Crippen MR) is 97.5 cm³/mol. The summed E-state index contributed by atoms with van der Waals surface area (Å²) in [4.78, 5) is 0. The van der Waals surface area contributed by atoms with Gasteiger partial charge in [0, 0.05) is 4.47 Å². The molecule has 2 aromatic rings. The van der Waals surface area contributed by atoms with Crippen LogP contribution in [0, 0.1) is 11.8 Å². The van der Waals surface area contributed by atoms with Crippen LogP contribution >= 0.6 is 15.9 Å². The fourth-order valence-corrected chi connectivity index (χ4v) is 3.97. The molecule has 0 bridgehead atoms. The molecular weight excluding hydrogens is 336 g/mol. The van der Waals surface area contributed by atoms with Crippen LogP contribution in [0.5, 0.6) is 5.75 Å². The van der Waals surface area contributed by atoms with Crippen molar-refractivity contribution in [3.05, 3.63) is 40.9 Å². The highest BCUT2D eigenvalue weighted by Crippen LogP contribution is 2.32. The zero-order chi connectivity index (χ0) is 15.4. The van der Waals surface area contributed by atoms with Crippen molar-refractivity contribution >= 4 is 26.7 Å². The molecule has 2 aromatic carbocycles. The number of ether oxygens (including phenoxy) is 1. The van der Waals surface area contributed by atoms with Crippen LogP contribution in [-0.4, -0.2) is 6.61 Å². The highest BCUT2D eigenvalue weighted by atomic mass is 79.9. The molecular formula is C20H25BrO. The molecule has 0 N–H and O–H groups in total. The minimum absolute atomic E-state index is 0.744. The molecule has 1 saturated carbocycles. The van der Waals surface area contributed by atoms with Crippen LogP contribution in [-0.2, 0) is 0 Å². The van der Waals surface area contributed by atoms with E-state index >= 15 is 0 Å². The molecule has 1 aliphatic rings. The van der Waals surface area contributed by atoms with Gasteiger partial charge in [0.15, 0.2) is 0 Å². The van der Waals surface area contributed by atoms with E-state index in [1.807, 2.05) is 0 Å². The number of hydrogen-bond acceptors (Lipinski definition) is 1. The first-order chi connectivity index (χ1) is 10.7. The van der Waals surface area contributed by atoms with Crippen molar-refractivity contribution in [3.8, 4) is 5.75 Å². The quantitative estimate of drug-likeness (QED) is 0.584. The minimum Gasteiger partial charge on any atom is -0.493 e. The molecule has 1 aliphatic carbocycles. The Morgan fingerprint density at radius 1 is 0.955 bits per heavy atom. The summed E-state index contributed by atoms with van der Waals surface area (Å²) >= 11 is 3.52. The molecule has 118 valence electrons. The standard InChI is InChI=1S/C20H25BrO/c1-2-3-15-4-6-16(7-5-15)14-22-20-11-9-17-12-19(21)10-8-18(17)13-20/h8-13,15-16H,2-7,14H2,1H3/t15-,16-. The lowest BCUT2D eigenvalue weighted by Crippen LogP contribution is -2.20. The van der Waals surface area contributed by atoms with Gasteiger partial charge in [-0.25, -0.2) is 0 Å². The first-order valence-electron chi connectivity index (χ1n) is 8.56. The van der Waals surface area contributed by atoms with Crippen LogP contribution in [0.1, 0.15) is 45.4 Å². The van der Waals surface area contributed by atoms with Gasteiger partial charge in [-0.15, -0.1) is 0 Å². The summed E-state index contributed by atoms with van der Waals surface area (Å²) in [5, 5.41) is 2.49. The van der Waals surface area contributed by atoms with E-state index in [0.717, 1.165) is 28.7 Å². The highest BCUT2D eigenvalue weighted by Gasteiger charge is 2.20. The Labute approximate surface area is 142 Å². The maximum atomic E-state index is 6.07. The minimum atomic E-state index is 0.744. The van der Waals surface area contributed by atoms with E-state index in [1.54, 1.807) is 0 Å². The monoisotopic (exact) mass is 360 g/mol. The first-order valence-corrected chi connectivity index (χ1v) is 9.36. The Morgan fingerprint density at radius 3 is 2.41 bits per heavy atom. The predicted octanol–water partition coefficient (Wildman–Crippen LogP) is 6.59. The summed E-state index contributed by atoms with van der Waals surface area (Å²) in [5.74, 6) is 2.72. The molecule has 22 heavy (non-hydrogen) atoms. The van der Waals surface area contributed by atoms with E-state index in [0.29, 0.717) is 0 Å². The Bertz CT molecular complexity index is 614. The third-order valence-electron chi connectivity index (χ3n) is 4.92. The normalized spacial score (nSPS) is 21.9. The van der Waals surface area contributed by atoms with Crippen LogP contribution in [0.4, 0.5) is 0 Å². The lowest BCUT2D eigenvalue weighted by atomic mass is 9.80. The summed E-state index contributed by atoms with van der Waals surface area (Å²) in [7, 11) is 0. The largest absolute Gasteiger partial charge is 0.493 e. The van der Waals surface area contributed by atoms with Crippen molar-refractivity contribution in [2.75, 3.05) is 6.61 Å². The highest BCUT2D eigenvalue weighted by molar-refractivity contribution is 9.10. The molecule has 0 atom stereocenters. The van der Waals surface area contributed by atoms with Gasteiger partial charge in [0.05, 0.1) is 6.61 Å². The second-order valence-corrected chi connectivity index (χ2v) is 7.56. The molecule has 1 nitrogen and oxygen atoms in total. The van der Waals surface area contributed by atoms with E-state index < -0.39 is 0 Å². The van der Waals surface area contributed by atoms with E-state index in [2.05, 4.69) is 59.3 Å². The fourth-order valence-electron chi connectivity index (χ4n) is 3.59. The summed E-state index contributed by atoms with van der Waals surface area (Å²) in [6, 6.07) is 12.8. The van der Waals surface area contributed by atoms with Gasteiger partial charge in [-0.3, -0.25) is 0 Å². The Morgan fingerprint density at radius 2 is 1.64 bits per heavy atom. The number of hydrogen-bond donors (Lipinski definition) is 0. The number of benzene rings is 2. The number of fused-ring (bicyclic) bond motifs is 1. The van der Waals surface area contributed by atoms with Crippen molar-refractivity contribution < 1.29 is 4.74 Å². The molecule has 0 radical (unpaired) electrons. The average Bonchev–Trinajstić information content (AvgIpc) is 2.54. The average molecular weight is 361 g/mol. The van der Waals surface area contributed by atoms with Crippen LogP contribution in [0.15, 0.2) is 40.9 Å². The fraction of sp³-hybridized carbons (Fsp3) is 0.500. The van der Waals surface area contributed by atoms with Crippen LogP contribution < -0.4 is 4.74 Å². The molecule has 0 amide bonds. The Balaban J connectivity index is 1.55. The lowest BCUT2D eigenvalue weighted by molar-refractivity contribution is 0.179. The molecule has 0 aliphatic heterocycles. The molecule has 2 heteroatoms. The van der Waals surface area contributed by atoms with Gasteiger partial charge in [-0.2, -0.15) is 0 Å². The smallest absolute Gasteiger partial charge is 0.119 e. The molecule has 0 saturated heterocycles. The summed E-state index contributed by atoms with van der Waals surface area (Å²) in [6.07, 6.45) is 8.21. The van der Waals surface area contributed by atoms with Gasteiger partial charge in [-0.05, 0) is 59.7 Å². The maximum Gasteiger partial charge on any atom is 0.119 e. The van der Waals surface area contributed by atoms with Crippen molar-refractivity contribution in [1.29, 1.82) is 0 Å². The zero-order valence-corrected chi connectivity index (χ0v) is 14.9.